The van der Waals surface area contributed by atoms with Crippen molar-refractivity contribution in [1.82, 2.24) is 9.97 Å². The predicted octanol–water partition coefficient (Wildman–Crippen LogP) is 1.18. The second-order valence-electron chi connectivity index (χ2n) is 8.97. The van der Waals surface area contributed by atoms with Crippen molar-refractivity contribution in [1.29, 1.82) is 0 Å². The maximum atomic E-state index is 11.6. The Bertz CT molecular complexity index is 772. The normalized spacial score (nSPS) is 29.0. The third-order valence-electron chi connectivity index (χ3n) is 6.69. The average molecular weight is 421 g/mol. The highest BCUT2D eigenvalue weighted by Gasteiger charge is 2.41. The average Bonchev–Trinajstić information content (AvgIpc) is 3.08. The van der Waals surface area contributed by atoms with Gasteiger partial charge < -0.3 is 30.9 Å². The van der Waals surface area contributed by atoms with Gasteiger partial charge in [-0.25, -0.2) is 4.79 Å². The van der Waals surface area contributed by atoms with E-state index in [-0.39, 0.29) is 37.3 Å². The molecule has 1 aliphatic heterocycles. The van der Waals surface area contributed by atoms with E-state index in [9.17, 15) is 14.7 Å². The lowest BCUT2D eigenvalue weighted by Gasteiger charge is -2.49. The number of fused-ring (bicyclic) bond motifs is 1. The number of aliphatic carboxylic acids is 1. The summed E-state index contributed by atoms with van der Waals surface area (Å²) in [7, 11) is 0. The number of hydrogen-bond acceptors (Lipinski definition) is 8. The van der Waals surface area contributed by atoms with Crippen molar-refractivity contribution < 1.29 is 19.7 Å². The van der Waals surface area contributed by atoms with Crippen LogP contribution in [0.15, 0.2) is 4.79 Å². The number of aliphatic hydroxyl groups is 1. The van der Waals surface area contributed by atoms with Crippen LogP contribution < -0.4 is 21.5 Å². The second-order valence-corrected chi connectivity index (χ2v) is 8.97. The third-order valence-corrected chi connectivity index (χ3v) is 6.69. The first-order valence-corrected chi connectivity index (χ1v) is 10.8. The summed E-state index contributed by atoms with van der Waals surface area (Å²) in [6.07, 6.45) is 8.62. The van der Waals surface area contributed by atoms with Crippen LogP contribution in [0.1, 0.15) is 44.9 Å². The molecule has 4 fully saturated rings. The van der Waals surface area contributed by atoms with Gasteiger partial charge in [0, 0.05) is 6.61 Å². The van der Waals surface area contributed by atoms with Crippen molar-refractivity contribution in [3.63, 3.8) is 0 Å². The fraction of sp³-hybridized carbons (Fsp3) is 0.750. The number of carbonyl (C=O) groups is 1. The zero-order valence-electron chi connectivity index (χ0n) is 17.0. The van der Waals surface area contributed by atoms with E-state index in [4.69, 9.17) is 15.6 Å². The van der Waals surface area contributed by atoms with Crippen LogP contribution >= 0.6 is 0 Å². The minimum Gasteiger partial charge on any atom is -0.478 e. The van der Waals surface area contributed by atoms with Gasteiger partial charge in [0.05, 0.1) is 13.3 Å². The zero-order chi connectivity index (χ0) is 21.3. The first kappa shape index (κ1) is 20.9. The molecule has 4 aliphatic carbocycles. The van der Waals surface area contributed by atoms with E-state index in [2.05, 4.69) is 15.3 Å². The number of anilines is 3. The number of rotatable bonds is 6. The number of aromatic amines is 1. The molecule has 30 heavy (non-hydrogen) atoms. The maximum absolute atomic E-state index is 11.6. The van der Waals surface area contributed by atoms with Gasteiger partial charge in [0.2, 0.25) is 12.2 Å². The summed E-state index contributed by atoms with van der Waals surface area (Å²) >= 11 is 0. The Morgan fingerprint density at radius 2 is 1.73 bits per heavy atom. The number of aliphatic hydroxyl groups excluding tert-OH is 1. The number of ether oxygens (including phenoxy) is 1. The van der Waals surface area contributed by atoms with E-state index < -0.39 is 17.8 Å². The van der Waals surface area contributed by atoms with Crippen LogP contribution in [0.3, 0.4) is 0 Å². The molecule has 6 rings (SSSR count). The fourth-order valence-electron chi connectivity index (χ4n) is 5.82. The Hall–Kier alpha value is -2.33. The van der Waals surface area contributed by atoms with Crippen molar-refractivity contribution >= 4 is 23.4 Å². The lowest BCUT2D eigenvalue weighted by molar-refractivity contribution is -0.150. The van der Waals surface area contributed by atoms with Crippen molar-refractivity contribution in [2.45, 2.75) is 51.2 Å². The van der Waals surface area contributed by atoms with Crippen LogP contribution in [0.2, 0.25) is 0 Å². The van der Waals surface area contributed by atoms with Gasteiger partial charge in [0.25, 0.3) is 5.56 Å². The zero-order valence-corrected chi connectivity index (χ0v) is 17.0. The molecule has 10 heteroatoms. The van der Waals surface area contributed by atoms with Crippen molar-refractivity contribution in [3.05, 3.63) is 10.4 Å². The van der Waals surface area contributed by atoms with Crippen LogP contribution in [-0.4, -0.2) is 52.3 Å². The monoisotopic (exact) mass is 421 g/mol. The van der Waals surface area contributed by atoms with Crippen LogP contribution in [0.25, 0.3) is 0 Å². The van der Waals surface area contributed by atoms with E-state index >= 15 is 0 Å². The molecule has 166 valence electrons. The molecule has 0 radical (unpaired) electrons. The molecular weight excluding hydrogens is 390 g/mol. The van der Waals surface area contributed by atoms with E-state index in [1.54, 1.807) is 38.5 Å². The third kappa shape index (κ3) is 4.39. The summed E-state index contributed by atoms with van der Waals surface area (Å²) in [5.74, 6) is 3.50. The number of hydrogen-bond donors (Lipinski definition) is 5. The lowest BCUT2D eigenvalue weighted by Crippen LogP contribution is -2.43. The smallest absolute Gasteiger partial charge is 0.354 e. The molecule has 5 aliphatic rings. The number of carboxylic acid groups (broad SMARTS) is 1. The molecule has 2 heterocycles. The Kier molecular flexibility index (Phi) is 6.14. The largest absolute Gasteiger partial charge is 0.478 e. The van der Waals surface area contributed by atoms with Crippen LogP contribution in [0.5, 0.6) is 0 Å². The molecule has 0 amide bonds. The SMILES string of the molecule is C1C2CC3CC1CC(C2)C3.Nc1nc2c(c(=O)[nH]1)NCN2C(OCCCO)C(=O)O. The fourth-order valence-corrected chi connectivity index (χ4v) is 5.82. The molecule has 1 atom stereocenters. The predicted molar refractivity (Wildman–Crippen MR) is 111 cm³/mol. The molecule has 0 aromatic carbocycles. The number of nitrogens with two attached hydrogens (primary N) is 1. The topological polar surface area (TPSA) is 154 Å². The standard InChI is InChI=1S/C10H15N5O5.C10H16/c11-10-13-6-5(7(17)14-10)12-4-15(6)8(9(18)19)20-3-1-2-16;1-7-2-9-4-8(1)5-10(3-7)6-9/h8,12,16H,1-4H2,(H,18,19)(H3,11,13,14,17);7-10H,1-6H2. The van der Waals surface area contributed by atoms with Crippen molar-refractivity contribution in [2.24, 2.45) is 23.7 Å². The summed E-state index contributed by atoms with van der Waals surface area (Å²) in [4.78, 5) is 30.4. The first-order valence-electron chi connectivity index (χ1n) is 10.8. The molecule has 1 unspecified atom stereocenters. The van der Waals surface area contributed by atoms with Gasteiger partial charge >= 0.3 is 5.97 Å². The molecule has 1 aromatic heterocycles. The molecule has 10 nitrogen and oxygen atoms in total. The highest BCUT2D eigenvalue weighted by Crippen LogP contribution is 2.53. The highest BCUT2D eigenvalue weighted by atomic mass is 16.5. The summed E-state index contributed by atoms with van der Waals surface area (Å²) in [5.41, 5.74) is 5.12. The Balaban J connectivity index is 0.000000178. The van der Waals surface area contributed by atoms with Gasteiger partial charge in [-0.05, 0) is 68.6 Å². The molecule has 4 saturated carbocycles. The Morgan fingerprint density at radius 3 is 2.23 bits per heavy atom. The van der Waals surface area contributed by atoms with E-state index in [1.807, 2.05) is 0 Å². The molecular formula is C20H31N5O5. The number of H-pyrrole nitrogens is 1. The minimum absolute atomic E-state index is 0.0605. The molecule has 1 aromatic rings. The first-order chi connectivity index (χ1) is 14.4. The van der Waals surface area contributed by atoms with Crippen molar-refractivity contribution in [3.8, 4) is 0 Å². The molecule has 6 N–H and O–H groups in total. The highest BCUT2D eigenvalue weighted by molar-refractivity contribution is 5.81. The second kappa shape index (κ2) is 8.81. The van der Waals surface area contributed by atoms with E-state index in [0.29, 0.717) is 6.42 Å². The van der Waals surface area contributed by atoms with Crippen LogP contribution in [-0.2, 0) is 9.53 Å². The summed E-state index contributed by atoms with van der Waals surface area (Å²) in [6.45, 7) is 0.0228. The minimum atomic E-state index is -1.32. The quantitative estimate of drug-likeness (QED) is 0.426. The van der Waals surface area contributed by atoms with E-state index in [1.165, 1.54) is 28.6 Å². The van der Waals surface area contributed by atoms with Crippen molar-refractivity contribution in [2.75, 3.05) is 35.8 Å². The van der Waals surface area contributed by atoms with E-state index in [0.717, 1.165) is 0 Å². The summed E-state index contributed by atoms with van der Waals surface area (Å²) in [5, 5.41) is 20.6. The summed E-state index contributed by atoms with van der Waals surface area (Å²) < 4.78 is 5.20. The number of nitrogen functional groups attached to an aromatic ring is 1. The lowest BCUT2D eigenvalue weighted by atomic mass is 9.56. The molecule has 0 spiro atoms. The Labute approximate surface area is 174 Å². The summed E-state index contributed by atoms with van der Waals surface area (Å²) in [6, 6.07) is 0. The van der Waals surface area contributed by atoms with Gasteiger partial charge in [-0.3, -0.25) is 9.78 Å². The number of aromatic nitrogens is 2. The maximum Gasteiger partial charge on any atom is 0.354 e. The number of nitrogens with zero attached hydrogens (tertiary/aromatic N) is 2. The molecule has 0 saturated heterocycles. The van der Waals surface area contributed by atoms with Gasteiger partial charge in [-0.15, -0.1) is 0 Å². The van der Waals surface area contributed by atoms with Gasteiger partial charge in [-0.1, -0.05) is 0 Å². The number of carboxylic acids is 1. The van der Waals surface area contributed by atoms with Crippen LogP contribution in [0.4, 0.5) is 17.5 Å². The number of nitrogens with one attached hydrogen (secondary N) is 2. The van der Waals surface area contributed by atoms with Gasteiger partial charge in [0.1, 0.15) is 5.69 Å². The van der Waals surface area contributed by atoms with Crippen LogP contribution in [0, 0.1) is 23.7 Å². The molecule has 4 bridgehead atoms. The van der Waals surface area contributed by atoms with Gasteiger partial charge in [-0.2, -0.15) is 4.98 Å². The van der Waals surface area contributed by atoms with Gasteiger partial charge in [0.15, 0.2) is 5.82 Å². The Morgan fingerprint density at radius 1 is 1.17 bits per heavy atom.